The Bertz CT molecular complexity index is 459. The summed E-state index contributed by atoms with van der Waals surface area (Å²) < 4.78 is 10.6. The lowest BCUT2D eigenvalue weighted by Crippen LogP contribution is -2.22. The monoisotopic (exact) mass is 248 g/mol. The van der Waals surface area contributed by atoms with E-state index in [1.165, 1.54) is 5.56 Å². The van der Waals surface area contributed by atoms with Crippen LogP contribution < -0.4 is 9.47 Å². The minimum atomic E-state index is 0.410. The largest absolute Gasteiger partial charge is 0.493 e. The summed E-state index contributed by atoms with van der Waals surface area (Å²) in [6, 6.07) is 6.18. The second-order valence-electron chi connectivity index (χ2n) is 5.85. The van der Waals surface area contributed by atoms with Crippen LogP contribution in [0.2, 0.25) is 0 Å². The predicted octanol–water partition coefficient (Wildman–Crippen LogP) is 2.27. The van der Waals surface area contributed by atoms with Gasteiger partial charge in [-0.15, -0.1) is 0 Å². The third kappa shape index (κ3) is 1.76. The van der Waals surface area contributed by atoms with Crippen molar-refractivity contribution < 1.29 is 9.47 Å². The van der Waals surface area contributed by atoms with Gasteiger partial charge in [-0.1, -0.05) is 19.9 Å². The van der Waals surface area contributed by atoms with Crippen LogP contribution in [0.1, 0.15) is 25.6 Å². The molecule has 2 unspecified atom stereocenters. The third-order valence-electron chi connectivity index (χ3n) is 3.73. The molecule has 2 fully saturated rings. The first-order chi connectivity index (χ1) is 8.55. The highest BCUT2D eigenvalue weighted by Gasteiger charge is 2.55. The van der Waals surface area contributed by atoms with Gasteiger partial charge in [0.25, 0.3) is 0 Å². The molecule has 0 radical (unpaired) electrons. The Morgan fingerprint density at radius 2 is 1.67 bits per heavy atom. The van der Waals surface area contributed by atoms with Gasteiger partial charge in [0.2, 0.25) is 0 Å². The van der Waals surface area contributed by atoms with Gasteiger partial charge in [0.05, 0.1) is 14.2 Å². The summed E-state index contributed by atoms with van der Waals surface area (Å²) >= 11 is 0. The molecule has 0 aromatic heterocycles. The Balaban J connectivity index is 1.80. The molecule has 4 heteroatoms. The standard InChI is InChI=1S/C14H20N2O2/c1-14(2)8-15-13(16(15)9-14)10-5-6-11(17-3)12(7-10)18-4/h5-7,13H,8-9H2,1-4H3. The molecule has 1 aromatic carbocycles. The highest BCUT2D eigenvalue weighted by Crippen LogP contribution is 2.51. The molecule has 2 heterocycles. The number of rotatable bonds is 3. The van der Waals surface area contributed by atoms with E-state index in [9.17, 15) is 0 Å². The molecule has 4 nitrogen and oxygen atoms in total. The molecule has 0 aliphatic carbocycles. The van der Waals surface area contributed by atoms with Crippen molar-refractivity contribution in [2.24, 2.45) is 5.41 Å². The highest BCUT2D eigenvalue weighted by atomic mass is 16.5. The van der Waals surface area contributed by atoms with Crippen LogP contribution in [0.3, 0.4) is 0 Å². The van der Waals surface area contributed by atoms with Crippen molar-refractivity contribution in [1.82, 2.24) is 10.0 Å². The lowest BCUT2D eigenvalue weighted by molar-refractivity contribution is 0.339. The molecule has 0 amide bonds. The lowest BCUT2D eigenvalue weighted by Gasteiger charge is -2.19. The quantitative estimate of drug-likeness (QED) is 0.766. The summed E-state index contributed by atoms with van der Waals surface area (Å²) in [5.41, 5.74) is 1.69. The zero-order valence-electron chi connectivity index (χ0n) is 11.4. The average Bonchev–Trinajstić information content (AvgIpc) is 2.87. The predicted molar refractivity (Wildman–Crippen MR) is 69.5 cm³/mol. The summed E-state index contributed by atoms with van der Waals surface area (Å²) in [6.07, 6.45) is 0.429. The normalized spacial score (nSPS) is 31.9. The number of hydrogen-bond donors (Lipinski definition) is 0. The number of nitrogens with zero attached hydrogens (tertiary/aromatic N) is 2. The SMILES string of the molecule is COc1ccc(C2N3CC(C)(C)CN23)cc1OC. The number of ether oxygens (including phenoxy) is 2. The first kappa shape index (κ1) is 11.8. The Morgan fingerprint density at radius 1 is 1.06 bits per heavy atom. The first-order valence-corrected chi connectivity index (χ1v) is 6.31. The molecule has 2 aliphatic rings. The van der Waals surface area contributed by atoms with Crippen LogP contribution in [0.5, 0.6) is 11.5 Å². The summed E-state index contributed by atoms with van der Waals surface area (Å²) in [5, 5.41) is 4.84. The summed E-state index contributed by atoms with van der Waals surface area (Å²) in [6.45, 7) is 6.88. The van der Waals surface area contributed by atoms with Crippen LogP contribution in [0.15, 0.2) is 18.2 Å². The van der Waals surface area contributed by atoms with E-state index in [4.69, 9.17) is 9.47 Å². The molecule has 98 valence electrons. The fraction of sp³-hybridized carbons (Fsp3) is 0.571. The van der Waals surface area contributed by atoms with Crippen molar-refractivity contribution in [3.63, 3.8) is 0 Å². The zero-order valence-corrected chi connectivity index (χ0v) is 11.4. The smallest absolute Gasteiger partial charge is 0.161 e. The van der Waals surface area contributed by atoms with Gasteiger partial charge in [-0.05, 0) is 23.1 Å². The van der Waals surface area contributed by atoms with Crippen LogP contribution in [0.25, 0.3) is 0 Å². The number of methoxy groups -OCH3 is 2. The second kappa shape index (κ2) is 3.87. The minimum absolute atomic E-state index is 0.410. The first-order valence-electron chi connectivity index (χ1n) is 6.31. The topological polar surface area (TPSA) is 24.5 Å². The van der Waals surface area contributed by atoms with Crippen LogP contribution in [0, 0.1) is 5.41 Å². The van der Waals surface area contributed by atoms with Crippen molar-refractivity contribution in [2.45, 2.75) is 20.0 Å². The molecular weight excluding hydrogens is 228 g/mol. The Labute approximate surface area is 108 Å². The van der Waals surface area contributed by atoms with Crippen LogP contribution in [0.4, 0.5) is 0 Å². The maximum atomic E-state index is 5.36. The zero-order chi connectivity index (χ0) is 12.9. The van der Waals surface area contributed by atoms with Crippen molar-refractivity contribution >= 4 is 0 Å². The van der Waals surface area contributed by atoms with Crippen LogP contribution in [-0.4, -0.2) is 37.3 Å². The minimum Gasteiger partial charge on any atom is -0.493 e. The number of hydrogen-bond acceptors (Lipinski definition) is 4. The van der Waals surface area contributed by atoms with E-state index in [0.717, 1.165) is 24.6 Å². The van der Waals surface area contributed by atoms with Crippen LogP contribution in [-0.2, 0) is 0 Å². The van der Waals surface area contributed by atoms with E-state index in [2.05, 4.69) is 36.0 Å². The molecule has 2 atom stereocenters. The average molecular weight is 248 g/mol. The molecule has 2 aliphatic heterocycles. The van der Waals surface area contributed by atoms with E-state index in [1.54, 1.807) is 14.2 Å². The molecular formula is C14H20N2O2. The van der Waals surface area contributed by atoms with Gasteiger partial charge in [0.15, 0.2) is 11.5 Å². The molecule has 0 spiro atoms. The molecule has 1 aromatic rings. The second-order valence-corrected chi connectivity index (χ2v) is 5.85. The molecule has 18 heavy (non-hydrogen) atoms. The Morgan fingerprint density at radius 3 is 2.22 bits per heavy atom. The molecule has 0 bridgehead atoms. The van der Waals surface area contributed by atoms with Crippen molar-refractivity contribution in [3.05, 3.63) is 23.8 Å². The highest BCUT2D eigenvalue weighted by molar-refractivity contribution is 5.44. The van der Waals surface area contributed by atoms with E-state index in [-0.39, 0.29) is 0 Å². The maximum Gasteiger partial charge on any atom is 0.161 e. The fourth-order valence-corrected chi connectivity index (χ4v) is 2.88. The van der Waals surface area contributed by atoms with Gasteiger partial charge in [0.1, 0.15) is 6.17 Å². The van der Waals surface area contributed by atoms with Gasteiger partial charge < -0.3 is 9.47 Å². The molecule has 0 N–H and O–H groups in total. The summed E-state index contributed by atoms with van der Waals surface area (Å²) in [7, 11) is 3.35. The number of hydrazine groups is 1. The summed E-state index contributed by atoms with van der Waals surface area (Å²) in [5.74, 6) is 1.60. The van der Waals surface area contributed by atoms with Gasteiger partial charge >= 0.3 is 0 Å². The number of fused-ring (bicyclic) bond motifs is 1. The van der Waals surface area contributed by atoms with Gasteiger partial charge in [-0.3, -0.25) is 0 Å². The third-order valence-corrected chi connectivity index (χ3v) is 3.73. The van der Waals surface area contributed by atoms with E-state index < -0.39 is 0 Å². The Kier molecular flexibility index (Phi) is 2.54. The molecule has 0 saturated carbocycles. The van der Waals surface area contributed by atoms with Crippen molar-refractivity contribution in [2.75, 3.05) is 27.3 Å². The summed E-state index contributed by atoms with van der Waals surface area (Å²) in [4.78, 5) is 0. The van der Waals surface area contributed by atoms with Crippen molar-refractivity contribution in [3.8, 4) is 11.5 Å². The van der Waals surface area contributed by atoms with Crippen molar-refractivity contribution in [1.29, 1.82) is 0 Å². The fourth-order valence-electron chi connectivity index (χ4n) is 2.88. The van der Waals surface area contributed by atoms with Gasteiger partial charge in [0, 0.05) is 13.1 Å². The van der Waals surface area contributed by atoms with Gasteiger partial charge in [-0.25, -0.2) is 10.0 Å². The van der Waals surface area contributed by atoms with E-state index >= 15 is 0 Å². The van der Waals surface area contributed by atoms with E-state index in [1.807, 2.05) is 6.07 Å². The Hall–Kier alpha value is -1.26. The molecule has 3 rings (SSSR count). The maximum absolute atomic E-state index is 5.36. The van der Waals surface area contributed by atoms with Gasteiger partial charge in [-0.2, -0.15) is 0 Å². The number of benzene rings is 1. The van der Waals surface area contributed by atoms with Crippen LogP contribution >= 0.6 is 0 Å². The lowest BCUT2D eigenvalue weighted by atomic mass is 9.93. The van der Waals surface area contributed by atoms with E-state index in [0.29, 0.717) is 11.6 Å². The molecule has 2 saturated heterocycles.